The van der Waals surface area contributed by atoms with E-state index in [0.29, 0.717) is 12.0 Å². The lowest BCUT2D eigenvalue weighted by molar-refractivity contribution is -0.179. The van der Waals surface area contributed by atoms with E-state index in [1.807, 2.05) is 0 Å². The molecule has 1 aliphatic heterocycles. The Balaban J connectivity index is 1.44. The van der Waals surface area contributed by atoms with Crippen LogP contribution in [0.1, 0.15) is 44.1 Å². The quantitative estimate of drug-likeness (QED) is 0.916. The summed E-state index contributed by atoms with van der Waals surface area (Å²) in [4.78, 5) is 0. The van der Waals surface area contributed by atoms with Crippen molar-refractivity contribution in [3.05, 3.63) is 35.9 Å². The molecule has 0 radical (unpaired) electrons. The Bertz CT molecular complexity index is 404. The van der Waals surface area contributed by atoms with Crippen LogP contribution in [-0.4, -0.2) is 31.6 Å². The first-order valence-electron chi connectivity index (χ1n) is 7.84. The number of hydrogen-bond acceptors (Lipinski definition) is 3. The Morgan fingerprint density at radius 1 is 1.15 bits per heavy atom. The second-order valence-electron chi connectivity index (χ2n) is 6.10. The molecule has 20 heavy (non-hydrogen) atoms. The molecule has 1 N–H and O–H groups in total. The smallest absolute Gasteiger partial charge is 0.168 e. The summed E-state index contributed by atoms with van der Waals surface area (Å²) >= 11 is 0. The Kier molecular flexibility index (Phi) is 4.39. The van der Waals surface area contributed by atoms with E-state index in [-0.39, 0.29) is 5.79 Å². The molecule has 3 rings (SSSR count). The second-order valence-corrected chi connectivity index (χ2v) is 6.10. The first kappa shape index (κ1) is 14.1. The zero-order chi connectivity index (χ0) is 13.8. The van der Waals surface area contributed by atoms with Crippen LogP contribution in [0.2, 0.25) is 0 Å². The molecule has 1 aromatic carbocycles. The van der Waals surface area contributed by atoms with Crippen molar-refractivity contribution in [2.75, 3.05) is 19.8 Å². The highest BCUT2D eigenvalue weighted by atomic mass is 16.7. The molecule has 0 aromatic heterocycles. The molecular weight excluding hydrogens is 250 g/mol. The molecule has 110 valence electrons. The van der Waals surface area contributed by atoms with E-state index in [9.17, 15) is 0 Å². The summed E-state index contributed by atoms with van der Waals surface area (Å²) < 4.78 is 11.5. The van der Waals surface area contributed by atoms with Crippen LogP contribution in [0.5, 0.6) is 0 Å². The van der Waals surface area contributed by atoms with Gasteiger partial charge in [-0.25, -0.2) is 0 Å². The van der Waals surface area contributed by atoms with Crippen molar-refractivity contribution in [1.29, 1.82) is 0 Å². The third-order valence-corrected chi connectivity index (χ3v) is 4.64. The number of ether oxygens (including phenoxy) is 2. The number of rotatable bonds is 4. The Morgan fingerprint density at radius 3 is 2.45 bits per heavy atom. The molecule has 1 unspecified atom stereocenters. The van der Waals surface area contributed by atoms with Crippen LogP contribution in [0.3, 0.4) is 0 Å². The fourth-order valence-electron chi connectivity index (χ4n) is 3.29. The molecule has 1 saturated heterocycles. The average molecular weight is 275 g/mol. The number of benzene rings is 1. The Hall–Kier alpha value is -0.900. The maximum Gasteiger partial charge on any atom is 0.168 e. The third-order valence-electron chi connectivity index (χ3n) is 4.64. The summed E-state index contributed by atoms with van der Waals surface area (Å²) in [5.74, 6) is 0.328. The van der Waals surface area contributed by atoms with Crippen molar-refractivity contribution >= 4 is 0 Å². The average Bonchev–Trinajstić information content (AvgIpc) is 2.96. The Labute approximate surface area is 121 Å². The molecule has 3 nitrogen and oxygen atoms in total. The van der Waals surface area contributed by atoms with Crippen molar-refractivity contribution in [1.82, 2.24) is 5.32 Å². The SMILES string of the molecule is CC(CNC1CCC2(CC1)OCCO2)c1ccccc1. The van der Waals surface area contributed by atoms with Gasteiger partial charge in [0.05, 0.1) is 13.2 Å². The van der Waals surface area contributed by atoms with Crippen LogP contribution in [0.25, 0.3) is 0 Å². The van der Waals surface area contributed by atoms with Crippen LogP contribution < -0.4 is 5.32 Å². The first-order chi connectivity index (χ1) is 9.77. The molecular formula is C17H25NO2. The van der Waals surface area contributed by atoms with E-state index in [4.69, 9.17) is 9.47 Å². The van der Waals surface area contributed by atoms with Crippen LogP contribution in [0, 0.1) is 0 Å². The molecule has 2 aliphatic rings. The first-order valence-corrected chi connectivity index (χ1v) is 7.84. The van der Waals surface area contributed by atoms with Crippen LogP contribution >= 0.6 is 0 Å². The number of hydrogen-bond donors (Lipinski definition) is 1. The summed E-state index contributed by atoms with van der Waals surface area (Å²) in [6.07, 6.45) is 4.37. The van der Waals surface area contributed by atoms with Crippen molar-refractivity contribution in [3.8, 4) is 0 Å². The van der Waals surface area contributed by atoms with Gasteiger partial charge in [0.2, 0.25) is 0 Å². The summed E-state index contributed by atoms with van der Waals surface area (Å²) in [7, 11) is 0. The maximum absolute atomic E-state index is 5.77. The highest BCUT2D eigenvalue weighted by Gasteiger charge is 2.40. The largest absolute Gasteiger partial charge is 0.348 e. The molecule has 3 heteroatoms. The van der Waals surface area contributed by atoms with E-state index >= 15 is 0 Å². The van der Waals surface area contributed by atoms with Gasteiger partial charge in [0.25, 0.3) is 0 Å². The topological polar surface area (TPSA) is 30.5 Å². The van der Waals surface area contributed by atoms with Crippen LogP contribution in [0.15, 0.2) is 30.3 Å². The van der Waals surface area contributed by atoms with Gasteiger partial charge in [-0.3, -0.25) is 0 Å². The van der Waals surface area contributed by atoms with Crippen molar-refractivity contribution < 1.29 is 9.47 Å². The molecule has 1 spiro atoms. The van der Waals surface area contributed by atoms with Crippen molar-refractivity contribution in [2.45, 2.75) is 50.4 Å². The van der Waals surface area contributed by atoms with Gasteiger partial charge in [0.1, 0.15) is 0 Å². The minimum Gasteiger partial charge on any atom is -0.348 e. The molecule has 2 fully saturated rings. The molecule has 1 saturated carbocycles. The standard InChI is InChI=1S/C17H25NO2/c1-14(15-5-3-2-4-6-15)13-18-16-7-9-17(10-8-16)19-11-12-20-17/h2-6,14,16,18H,7-13H2,1H3. The van der Waals surface area contributed by atoms with Gasteiger partial charge in [0, 0.05) is 25.4 Å². The summed E-state index contributed by atoms with van der Waals surface area (Å²) in [6, 6.07) is 11.3. The van der Waals surface area contributed by atoms with Gasteiger partial charge in [-0.1, -0.05) is 37.3 Å². The lowest BCUT2D eigenvalue weighted by Crippen LogP contribution is -2.42. The zero-order valence-electron chi connectivity index (χ0n) is 12.3. The van der Waals surface area contributed by atoms with Crippen molar-refractivity contribution in [3.63, 3.8) is 0 Å². The molecule has 0 bridgehead atoms. The fourth-order valence-corrected chi connectivity index (χ4v) is 3.29. The lowest BCUT2D eigenvalue weighted by Gasteiger charge is -2.36. The van der Waals surface area contributed by atoms with E-state index in [1.54, 1.807) is 0 Å². The number of nitrogens with one attached hydrogen (secondary N) is 1. The van der Waals surface area contributed by atoms with E-state index in [2.05, 4.69) is 42.6 Å². The van der Waals surface area contributed by atoms with E-state index in [0.717, 1.165) is 45.4 Å². The highest BCUT2D eigenvalue weighted by molar-refractivity contribution is 5.19. The minimum atomic E-state index is -0.233. The fraction of sp³-hybridized carbons (Fsp3) is 0.647. The highest BCUT2D eigenvalue weighted by Crippen LogP contribution is 2.35. The van der Waals surface area contributed by atoms with Gasteiger partial charge in [0.15, 0.2) is 5.79 Å². The van der Waals surface area contributed by atoms with E-state index in [1.165, 1.54) is 5.56 Å². The van der Waals surface area contributed by atoms with Gasteiger partial charge < -0.3 is 14.8 Å². The summed E-state index contributed by atoms with van der Waals surface area (Å²) in [6.45, 7) is 4.87. The normalized spacial score (nSPS) is 24.1. The predicted octanol–water partition coefficient (Wildman–Crippen LogP) is 3.07. The van der Waals surface area contributed by atoms with Gasteiger partial charge in [-0.05, 0) is 24.3 Å². The molecule has 1 aromatic rings. The maximum atomic E-state index is 5.77. The van der Waals surface area contributed by atoms with Crippen LogP contribution in [-0.2, 0) is 9.47 Å². The van der Waals surface area contributed by atoms with E-state index < -0.39 is 0 Å². The molecule has 1 atom stereocenters. The van der Waals surface area contributed by atoms with Crippen molar-refractivity contribution in [2.24, 2.45) is 0 Å². The van der Waals surface area contributed by atoms with Gasteiger partial charge >= 0.3 is 0 Å². The Morgan fingerprint density at radius 2 is 1.80 bits per heavy atom. The molecule has 1 heterocycles. The van der Waals surface area contributed by atoms with Gasteiger partial charge in [-0.2, -0.15) is 0 Å². The van der Waals surface area contributed by atoms with Crippen LogP contribution in [0.4, 0.5) is 0 Å². The molecule has 1 aliphatic carbocycles. The van der Waals surface area contributed by atoms with Gasteiger partial charge in [-0.15, -0.1) is 0 Å². The summed E-state index contributed by atoms with van der Waals surface area (Å²) in [5, 5.41) is 3.72. The summed E-state index contributed by atoms with van der Waals surface area (Å²) in [5.41, 5.74) is 1.41. The second kappa shape index (κ2) is 6.25. The monoisotopic (exact) mass is 275 g/mol. The minimum absolute atomic E-state index is 0.233. The third kappa shape index (κ3) is 3.22. The zero-order valence-corrected chi connectivity index (χ0v) is 12.3. The lowest BCUT2D eigenvalue weighted by atomic mass is 9.89. The predicted molar refractivity (Wildman–Crippen MR) is 79.8 cm³/mol. The molecule has 0 amide bonds.